The smallest absolute Gasteiger partial charge is 0.253 e. The topological polar surface area (TPSA) is 40.5 Å². The van der Waals surface area contributed by atoms with Gasteiger partial charge in [0.2, 0.25) is 0 Å². The second kappa shape index (κ2) is 5.29. The van der Waals surface area contributed by atoms with Gasteiger partial charge >= 0.3 is 0 Å². The monoisotopic (exact) mass is 267 g/mol. The van der Waals surface area contributed by atoms with Crippen molar-refractivity contribution in [1.82, 2.24) is 4.90 Å². The zero-order chi connectivity index (χ0) is 13.2. The molecule has 1 aliphatic heterocycles. The molecular formula is C14H18ClNO2. The zero-order valence-corrected chi connectivity index (χ0v) is 11.3. The van der Waals surface area contributed by atoms with Crippen molar-refractivity contribution in [2.24, 2.45) is 0 Å². The molecule has 1 aliphatic rings. The van der Waals surface area contributed by atoms with Gasteiger partial charge in [-0.05, 0) is 44.4 Å². The number of hydrogen-bond acceptors (Lipinski definition) is 2. The van der Waals surface area contributed by atoms with Crippen LogP contribution in [0.15, 0.2) is 24.3 Å². The van der Waals surface area contributed by atoms with Crippen molar-refractivity contribution in [3.05, 3.63) is 34.9 Å². The van der Waals surface area contributed by atoms with E-state index in [0.717, 1.165) is 12.8 Å². The second-order valence-corrected chi connectivity index (χ2v) is 5.59. The molecule has 1 heterocycles. The van der Waals surface area contributed by atoms with E-state index in [-0.39, 0.29) is 5.91 Å². The summed E-state index contributed by atoms with van der Waals surface area (Å²) in [4.78, 5) is 14.1. The van der Waals surface area contributed by atoms with Crippen LogP contribution in [0, 0.1) is 0 Å². The van der Waals surface area contributed by atoms with E-state index in [0.29, 0.717) is 30.1 Å². The Labute approximate surface area is 112 Å². The maximum Gasteiger partial charge on any atom is 0.253 e. The predicted molar refractivity (Wildman–Crippen MR) is 71.8 cm³/mol. The van der Waals surface area contributed by atoms with Gasteiger partial charge in [-0.25, -0.2) is 0 Å². The lowest BCUT2D eigenvalue weighted by Gasteiger charge is -2.22. The highest BCUT2D eigenvalue weighted by molar-refractivity contribution is 6.30. The van der Waals surface area contributed by atoms with E-state index in [1.807, 2.05) is 6.92 Å². The summed E-state index contributed by atoms with van der Waals surface area (Å²) in [5.41, 5.74) is -0.0346. The average Bonchev–Trinajstić information content (AvgIpc) is 2.49. The van der Waals surface area contributed by atoms with Crippen molar-refractivity contribution < 1.29 is 9.90 Å². The van der Waals surface area contributed by atoms with Crippen LogP contribution >= 0.6 is 11.6 Å². The van der Waals surface area contributed by atoms with Gasteiger partial charge in [0.1, 0.15) is 0 Å². The quantitative estimate of drug-likeness (QED) is 0.850. The van der Waals surface area contributed by atoms with Gasteiger partial charge in [-0.1, -0.05) is 17.7 Å². The van der Waals surface area contributed by atoms with E-state index < -0.39 is 5.60 Å². The van der Waals surface area contributed by atoms with E-state index in [9.17, 15) is 9.90 Å². The number of hydrogen-bond donors (Lipinski definition) is 1. The van der Waals surface area contributed by atoms with Gasteiger partial charge in [0, 0.05) is 23.7 Å². The third-order valence-corrected chi connectivity index (χ3v) is 3.66. The lowest BCUT2D eigenvalue weighted by molar-refractivity contribution is 0.0438. The number of aliphatic hydroxyl groups is 1. The normalized spacial score (nSPS) is 24.7. The third-order valence-electron chi connectivity index (χ3n) is 3.42. The molecule has 2 rings (SSSR count). The Kier molecular flexibility index (Phi) is 3.93. The number of carbonyl (C=O) groups excluding carboxylic acids is 1. The minimum atomic E-state index is -0.649. The minimum absolute atomic E-state index is 0.00444. The number of benzene rings is 1. The van der Waals surface area contributed by atoms with Gasteiger partial charge in [0.25, 0.3) is 5.91 Å². The molecule has 3 nitrogen and oxygen atoms in total. The van der Waals surface area contributed by atoms with Gasteiger partial charge in [-0.15, -0.1) is 0 Å². The molecule has 1 atom stereocenters. The molecular weight excluding hydrogens is 250 g/mol. The third kappa shape index (κ3) is 3.24. The summed E-state index contributed by atoms with van der Waals surface area (Å²) in [7, 11) is 0. The summed E-state index contributed by atoms with van der Waals surface area (Å²) in [6.45, 7) is 3.13. The minimum Gasteiger partial charge on any atom is -0.390 e. The molecule has 1 N–H and O–H groups in total. The molecule has 0 radical (unpaired) electrons. The Bertz CT molecular complexity index is 445. The highest BCUT2D eigenvalue weighted by Crippen LogP contribution is 2.22. The fourth-order valence-electron chi connectivity index (χ4n) is 2.27. The number of halogens is 1. The summed E-state index contributed by atoms with van der Waals surface area (Å²) in [6.07, 6.45) is 2.20. The van der Waals surface area contributed by atoms with Gasteiger partial charge in [-0.3, -0.25) is 4.79 Å². The Morgan fingerprint density at radius 1 is 1.39 bits per heavy atom. The maximum absolute atomic E-state index is 12.3. The van der Waals surface area contributed by atoms with Gasteiger partial charge in [-0.2, -0.15) is 0 Å². The van der Waals surface area contributed by atoms with Crippen LogP contribution in [0.3, 0.4) is 0 Å². The first-order chi connectivity index (χ1) is 8.48. The van der Waals surface area contributed by atoms with Crippen LogP contribution in [0.5, 0.6) is 0 Å². The first kappa shape index (κ1) is 13.4. The summed E-state index contributed by atoms with van der Waals surface area (Å²) >= 11 is 5.89. The number of rotatable bonds is 1. The molecule has 1 aromatic carbocycles. The Hall–Kier alpha value is -1.06. The maximum atomic E-state index is 12.3. The van der Waals surface area contributed by atoms with Crippen LogP contribution in [0.2, 0.25) is 5.02 Å². The summed E-state index contributed by atoms with van der Waals surface area (Å²) in [5, 5.41) is 10.6. The summed E-state index contributed by atoms with van der Waals surface area (Å²) in [6, 6.07) is 7.00. The van der Waals surface area contributed by atoms with Crippen molar-refractivity contribution in [1.29, 1.82) is 0 Å². The molecule has 1 unspecified atom stereocenters. The SMILES string of the molecule is CC1(O)CCCN(C(=O)c2cccc(Cl)c2)CC1. The van der Waals surface area contributed by atoms with E-state index in [1.54, 1.807) is 29.2 Å². The molecule has 0 aromatic heterocycles. The van der Waals surface area contributed by atoms with Crippen molar-refractivity contribution in [3.63, 3.8) is 0 Å². The first-order valence-electron chi connectivity index (χ1n) is 6.25. The van der Waals surface area contributed by atoms with Crippen molar-refractivity contribution in [3.8, 4) is 0 Å². The predicted octanol–water partition coefficient (Wildman–Crippen LogP) is 2.72. The van der Waals surface area contributed by atoms with Crippen molar-refractivity contribution >= 4 is 17.5 Å². The number of carbonyl (C=O) groups is 1. The van der Waals surface area contributed by atoms with Crippen LogP contribution in [0.25, 0.3) is 0 Å². The molecule has 0 spiro atoms. The zero-order valence-electron chi connectivity index (χ0n) is 10.5. The molecule has 98 valence electrons. The second-order valence-electron chi connectivity index (χ2n) is 5.15. The molecule has 0 aliphatic carbocycles. The molecule has 0 bridgehead atoms. The lowest BCUT2D eigenvalue weighted by atomic mass is 9.98. The van der Waals surface area contributed by atoms with Crippen molar-refractivity contribution in [2.75, 3.05) is 13.1 Å². The van der Waals surface area contributed by atoms with Gasteiger partial charge < -0.3 is 10.0 Å². The number of amides is 1. The van der Waals surface area contributed by atoms with Gasteiger partial charge in [0.15, 0.2) is 0 Å². The van der Waals surface area contributed by atoms with Gasteiger partial charge in [0.05, 0.1) is 5.60 Å². The first-order valence-corrected chi connectivity index (χ1v) is 6.63. The lowest BCUT2D eigenvalue weighted by Crippen LogP contribution is -2.33. The molecule has 1 saturated heterocycles. The van der Waals surface area contributed by atoms with Crippen LogP contribution in [-0.4, -0.2) is 34.6 Å². The fraction of sp³-hybridized carbons (Fsp3) is 0.500. The molecule has 1 amide bonds. The Morgan fingerprint density at radius 3 is 2.89 bits per heavy atom. The number of likely N-dealkylation sites (tertiary alicyclic amines) is 1. The molecule has 0 saturated carbocycles. The molecule has 1 fully saturated rings. The van der Waals surface area contributed by atoms with Crippen LogP contribution < -0.4 is 0 Å². The number of nitrogens with zero attached hydrogens (tertiary/aromatic N) is 1. The van der Waals surface area contributed by atoms with E-state index in [1.165, 1.54) is 0 Å². The molecule has 4 heteroatoms. The Balaban J connectivity index is 2.10. The average molecular weight is 268 g/mol. The highest BCUT2D eigenvalue weighted by Gasteiger charge is 2.27. The van der Waals surface area contributed by atoms with E-state index in [2.05, 4.69) is 0 Å². The summed E-state index contributed by atoms with van der Waals surface area (Å²) < 4.78 is 0. The molecule has 18 heavy (non-hydrogen) atoms. The van der Waals surface area contributed by atoms with E-state index >= 15 is 0 Å². The van der Waals surface area contributed by atoms with Crippen molar-refractivity contribution in [2.45, 2.75) is 31.8 Å². The van der Waals surface area contributed by atoms with E-state index in [4.69, 9.17) is 11.6 Å². The van der Waals surface area contributed by atoms with Crippen LogP contribution in [0.4, 0.5) is 0 Å². The Morgan fingerprint density at radius 2 is 2.17 bits per heavy atom. The molecule has 1 aromatic rings. The fourth-order valence-corrected chi connectivity index (χ4v) is 2.46. The van der Waals surface area contributed by atoms with Crippen LogP contribution in [-0.2, 0) is 0 Å². The highest BCUT2D eigenvalue weighted by atomic mass is 35.5. The standard InChI is InChI=1S/C14H18ClNO2/c1-14(18)6-3-8-16(9-7-14)13(17)11-4-2-5-12(15)10-11/h2,4-5,10,18H,3,6-9H2,1H3. The largest absolute Gasteiger partial charge is 0.390 e. The van der Waals surface area contributed by atoms with Crippen LogP contribution in [0.1, 0.15) is 36.5 Å². The summed E-state index contributed by atoms with van der Waals surface area (Å²) in [5.74, 6) is -0.00444.